The van der Waals surface area contributed by atoms with E-state index in [4.69, 9.17) is 23.2 Å². The minimum absolute atomic E-state index is 0.0736. The Morgan fingerprint density at radius 3 is 1.22 bits per heavy atom. The first kappa shape index (κ1) is 47.7. The van der Waals surface area contributed by atoms with E-state index >= 15 is 0 Å². The molecule has 4 rings (SSSR count). The van der Waals surface area contributed by atoms with Gasteiger partial charge in [-0.1, -0.05) is 71.7 Å². The summed E-state index contributed by atoms with van der Waals surface area (Å²) >= 11 is 11.6. The summed E-state index contributed by atoms with van der Waals surface area (Å²) in [7, 11) is 0. The van der Waals surface area contributed by atoms with Crippen LogP contribution in [0.15, 0.2) is 97.1 Å². The fourth-order valence-corrected chi connectivity index (χ4v) is 9.33. The topological polar surface area (TPSA) is 74.6 Å². The standard InChI is InChI=1S/2C15H10ClFO2.2C8H17.Sn/c2*16-12-6-4-11(5-7-12)14(15(18)19)9-10-2-1-3-13(17)8-10;2*1-3-5-7-8-6-4-2;/h2*1-9H,(H,18,19);2*1,3-8H2,2H3;/b2*14-9+;;;. The van der Waals surface area contributed by atoms with Gasteiger partial charge in [0.05, 0.1) is 11.1 Å². The summed E-state index contributed by atoms with van der Waals surface area (Å²) in [6.45, 7) is 4.60. The molecule has 0 heterocycles. The molecule has 0 saturated heterocycles. The number of unbranched alkanes of at least 4 members (excludes halogenated alkanes) is 10. The van der Waals surface area contributed by atoms with E-state index in [1.807, 2.05) is 0 Å². The Balaban J connectivity index is 0.000000286. The summed E-state index contributed by atoms with van der Waals surface area (Å²) in [5.74, 6) is -2.97. The Kier molecular flexibility index (Phi) is 25.0. The van der Waals surface area contributed by atoms with Crippen LogP contribution in [0.1, 0.15) is 113 Å². The molecule has 0 aliphatic carbocycles. The van der Waals surface area contributed by atoms with Crippen molar-refractivity contribution in [2.24, 2.45) is 0 Å². The second-order valence-corrected chi connectivity index (χ2v) is 18.3. The molecule has 9 heteroatoms. The smallest absolute Gasteiger partial charge is 0.336 e. The van der Waals surface area contributed by atoms with Gasteiger partial charge in [-0.25, -0.2) is 18.4 Å². The van der Waals surface area contributed by atoms with Gasteiger partial charge < -0.3 is 10.2 Å². The number of carboxylic acids is 2. The van der Waals surface area contributed by atoms with Gasteiger partial charge in [-0.15, -0.1) is 0 Å². The normalized spacial score (nSPS) is 11.2. The molecule has 0 aromatic heterocycles. The van der Waals surface area contributed by atoms with Crippen molar-refractivity contribution in [3.05, 3.63) is 141 Å². The predicted octanol–water partition coefficient (Wildman–Crippen LogP) is 14.5. The zero-order valence-electron chi connectivity index (χ0n) is 32.0. The molecule has 0 amide bonds. The maximum atomic E-state index is 13.1. The van der Waals surface area contributed by atoms with Crippen molar-refractivity contribution < 1.29 is 28.6 Å². The second-order valence-electron chi connectivity index (χ2n) is 13.1. The molecule has 0 saturated carbocycles. The summed E-state index contributed by atoms with van der Waals surface area (Å²) in [4.78, 5) is 22.6. The average Bonchev–Trinajstić information content (AvgIpc) is 3.16. The molecule has 0 aliphatic heterocycles. The molecule has 0 aliphatic rings. The van der Waals surface area contributed by atoms with Crippen LogP contribution in [-0.2, 0) is 9.59 Å². The monoisotopic (exact) mass is 898 g/mol. The van der Waals surface area contributed by atoms with Crippen LogP contribution in [0.5, 0.6) is 0 Å². The van der Waals surface area contributed by atoms with Gasteiger partial charge in [-0.2, -0.15) is 0 Å². The molecule has 0 atom stereocenters. The van der Waals surface area contributed by atoms with Gasteiger partial charge in [0.25, 0.3) is 0 Å². The van der Waals surface area contributed by atoms with Crippen molar-refractivity contribution in [1.82, 2.24) is 0 Å². The third kappa shape index (κ3) is 21.4. The summed E-state index contributed by atoms with van der Waals surface area (Å²) in [6.07, 6.45) is 20.7. The van der Waals surface area contributed by atoms with E-state index in [-0.39, 0.29) is 32.3 Å². The minimum atomic E-state index is -1.08. The SMILES string of the molecule is CCCCCCC[CH2][Sn][CH2]CCCCCCC.O=C(O)/C(=C/c1cccc(F)c1)c1ccc(Cl)cc1.O=C(O)/C(=C/c1cccc(F)c1)c1ccc(Cl)cc1. The maximum Gasteiger partial charge on any atom is 0.336 e. The quantitative estimate of drug-likeness (QED) is 0.0401. The number of halogens is 4. The number of hydrogen-bond donors (Lipinski definition) is 2. The van der Waals surface area contributed by atoms with Gasteiger partial charge in [0.15, 0.2) is 0 Å². The van der Waals surface area contributed by atoms with Crippen molar-refractivity contribution in [2.45, 2.75) is 99.8 Å². The van der Waals surface area contributed by atoms with Gasteiger partial charge in [0, 0.05) is 10.0 Å². The largest absolute Gasteiger partial charge is 0.478 e. The molecule has 0 bridgehead atoms. The van der Waals surface area contributed by atoms with Gasteiger partial charge in [-0.3, -0.25) is 0 Å². The first-order valence-electron chi connectivity index (χ1n) is 19.2. The Labute approximate surface area is 346 Å². The van der Waals surface area contributed by atoms with E-state index in [1.165, 1.54) is 113 Å². The van der Waals surface area contributed by atoms with E-state index in [2.05, 4.69) is 13.8 Å². The van der Waals surface area contributed by atoms with Crippen molar-refractivity contribution in [1.29, 1.82) is 0 Å². The van der Waals surface area contributed by atoms with Crippen molar-refractivity contribution >= 4 is 79.6 Å². The van der Waals surface area contributed by atoms with Crippen molar-refractivity contribution in [3.8, 4) is 0 Å². The third-order valence-corrected chi connectivity index (χ3v) is 13.0. The molecule has 4 nitrogen and oxygen atoms in total. The van der Waals surface area contributed by atoms with Crippen LogP contribution in [0, 0.1) is 11.6 Å². The van der Waals surface area contributed by atoms with Crippen LogP contribution < -0.4 is 0 Å². The number of carboxylic acid groups (broad SMARTS) is 2. The number of carbonyl (C=O) groups is 2. The Morgan fingerprint density at radius 1 is 0.545 bits per heavy atom. The Hall–Kier alpha value is -3.46. The minimum Gasteiger partial charge on any atom is -0.478 e. The molecule has 2 radical (unpaired) electrons. The van der Waals surface area contributed by atoms with Crippen molar-refractivity contribution in [2.75, 3.05) is 0 Å². The zero-order chi connectivity index (χ0) is 40.3. The average molecular weight is 899 g/mol. The van der Waals surface area contributed by atoms with Gasteiger partial charge >= 0.3 is 133 Å². The molecule has 2 N–H and O–H groups in total. The molecular formula is C46H54Cl2F2O4Sn. The summed E-state index contributed by atoms with van der Waals surface area (Å²) in [5, 5.41) is 19.5. The van der Waals surface area contributed by atoms with E-state index in [0.29, 0.717) is 32.3 Å². The van der Waals surface area contributed by atoms with Crippen LogP contribution in [0.2, 0.25) is 18.9 Å². The Morgan fingerprint density at radius 2 is 0.891 bits per heavy atom. The summed E-state index contributed by atoms with van der Waals surface area (Å²) in [6, 6.07) is 24.4. The number of aliphatic carboxylic acids is 2. The van der Waals surface area contributed by atoms with Crippen LogP contribution >= 0.6 is 23.2 Å². The van der Waals surface area contributed by atoms with Gasteiger partial charge in [0.1, 0.15) is 11.6 Å². The number of hydrogen-bond acceptors (Lipinski definition) is 2. The fourth-order valence-electron chi connectivity index (χ4n) is 5.51. The number of rotatable bonds is 20. The molecule has 4 aromatic carbocycles. The molecule has 55 heavy (non-hydrogen) atoms. The van der Waals surface area contributed by atoms with Gasteiger partial charge in [-0.05, 0) is 82.9 Å². The first-order chi connectivity index (χ1) is 26.5. The van der Waals surface area contributed by atoms with E-state index in [9.17, 15) is 28.6 Å². The predicted molar refractivity (Wildman–Crippen MR) is 229 cm³/mol. The van der Waals surface area contributed by atoms with E-state index in [0.717, 1.165) is 0 Å². The van der Waals surface area contributed by atoms with E-state index in [1.54, 1.807) is 82.4 Å². The molecule has 0 unspecified atom stereocenters. The van der Waals surface area contributed by atoms with Gasteiger partial charge in [0.2, 0.25) is 0 Å². The second kappa shape index (κ2) is 28.9. The van der Waals surface area contributed by atoms with Crippen LogP contribution in [0.25, 0.3) is 23.3 Å². The Bertz CT molecular complexity index is 1630. The van der Waals surface area contributed by atoms with E-state index < -0.39 is 23.6 Å². The molecular weight excluding hydrogens is 844 g/mol. The van der Waals surface area contributed by atoms with Crippen LogP contribution in [-0.4, -0.2) is 43.3 Å². The number of benzene rings is 4. The molecule has 0 spiro atoms. The van der Waals surface area contributed by atoms with Crippen LogP contribution in [0.4, 0.5) is 8.78 Å². The molecule has 4 aromatic rings. The fraction of sp³-hybridized carbons (Fsp3) is 0.348. The molecule has 0 fully saturated rings. The maximum absolute atomic E-state index is 13.1. The first-order valence-corrected chi connectivity index (χ1v) is 24.0. The third-order valence-electron chi connectivity index (χ3n) is 8.50. The summed E-state index contributed by atoms with van der Waals surface area (Å²) in [5.41, 5.74) is 2.19. The zero-order valence-corrected chi connectivity index (χ0v) is 36.4. The van der Waals surface area contributed by atoms with Crippen molar-refractivity contribution in [3.63, 3.8) is 0 Å². The molecule has 294 valence electrons. The van der Waals surface area contributed by atoms with Crippen LogP contribution in [0.3, 0.4) is 0 Å². The summed E-state index contributed by atoms with van der Waals surface area (Å²) < 4.78 is 29.5.